The Bertz CT molecular complexity index is 1370. The topological polar surface area (TPSA) is 98.0 Å². The molecule has 3 aromatic rings. The summed E-state index contributed by atoms with van der Waals surface area (Å²) in [5.41, 5.74) is 1.62. The van der Waals surface area contributed by atoms with E-state index < -0.39 is 24.1 Å². The number of amides is 1. The third-order valence-electron chi connectivity index (χ3n) is 6.66. The maximum atomic E-state index is 15.4. The molecule has 2 aromatic carbocycles. The number of alkyl halides is 1. The maximum absolute atomic E-state index is 15.4. The lowest BCUT2D eigenvalue weighted by atomic mass is 9.94. The van der Waals surface area contributed by atoms with Gasteiger partial charge in [0, 0.05) is 17.3 Å². The third kappa shape index (κ3) is 6.27. The molecule has 1 aromatic heterocycles. The number of nitrogens with one attached hydrogen (secondary N) is 1. The normalized spacial score (nSPS) is 14.3. The predicted octanol–water partition coefficient (Wildman–Crippen LogP) is 5.07. The lowest BCUT2D eigenvalue weighted by Gasteiger charge is -2.18. The van der Waals surface area contributed by atoms with E-state index in [1.807, 2.05) is 0 Å². The molecule has 10 heteroatoms. The van der Waals surface area contributed by atoms with Gasteiger partial charge >= 0.3 is 5.97 Å². The summed E-state index contributed by atoms with van der Waals surface area (Å²) in [5, 5.41) is 12.0. The van der Waals surface area contributed by atoms with Gasteiger partial charge in [-0.25, -0.2) is 13.6 Å². The Balaban J connectivity index is 1.77. The second-order valence-electron chi connectivity index (χ2n) is 9.52. The quantitative estimate of drug-likeness (QED) is 0.329. The Kier molecular flexibility index (Phi) is 8.32. The van der Waals surface area contributed by atoms with E-state index in [9.17, 15) is 14.0 Å². The van der Waals surface area contributed by atoms with Gasteiger partial charge in [0.25, 0.3) is 5.69 Å². The van der Waals surface area contributed by atoms with Gasteiger partial charge in [-0.2, -0.15) is 0 Å². The Morgan fingerprint density at radius 3 is 2.38 bits per heavy atom. The Morgan fingerprint density at radius 1 is 1.13 bits per heavy atom. The van der Waals surface area contributed by atoms with Gasteiger partial charge < -0.3 is 19.9 Å². The van der Waals surface area contributed by atoms with Crippen LogP contribution in [0, 0.1) is 18.7 Å². The van der Waals surface area contributed by atoms with E-state index in [2.05, 4.69) is 5.32 Å². The number of nitrogens with zero attached hydrogens (tertiary/aromatic N) is 1. The van der Waals surface area contributed by atoms with Crippen LogP contribution in [0.1, 0.15) is 53.7 Å². The number of carboxylic acids is 1. The minimum absolute atomic E-state index is 0.00103. The molecular formula is C29H31F2N2O6+. The Hall–Kier alpha value is -4.21. The molecule has 0 spiro atoms. The van der Waals surface area contributed by atoms with Gasteiger partial charge in [0.15, 0.2) is 0 Å². The fourth-order valence-electron chi connectivity index (χ4n) is 4.46. The van der Waals surface area contributed by atoms with E-state index in [-0.39, 0.29) is 34.1 Å². The summed E-state index contributed by atoms with van der Waals surface area (Å²) in [7, 11) is 2.84. The minimum atomic E-state index is -1.68. The molecule has 39 heavy (non-hydrogen) atoms. The van der Waals surface area contributed by atoms with Gasteiger partial charge in [-0.05, 0) is 55.2 Å². The number of hydrogen-bond acceptors (Lipinski definition) is 5. The molecule has 2 N–H and O–H groups in total. The van der Waals surface area contributed by atoms with Crippen LogP contribution in [-0.2, 0) is 4.79 Å². The first-order chi connectivity index (χ1) is 18.6. The van der Waals surface area contributed by atoms with E-state index in [0.717, 1.165) is 12.8 Å². The highest BCUT2D eigenvalue weighted by Gasteiger charge is 2.38. The number of pyridine rings is 1. The van der Waals surface area contributed by atoms with Crippen molar-refractivity contribution < 1.29 is 42.5 Å². The van der Waals surface area contributed by atoms with Crippen molar-refractivity contribution in [2.75, 3.05) is 19.5 Å². The molecule has 0 aliphatic heterocycles. The Labute approximate surface area is 225 Å². The summed E-state index contributed by atoms with van der Waals surface area (Å²) in [6, 6.07) is 10.5. The SMILES string of the molecule is COc1cc(C(CC2CC2)C(=O)Nc2ccc(C(=O)O)cc2)[n+](OC)cc1-c1c(OC(C)F)ccc(C)c1F. The van der Waals surface area contributed by atoms with Crippen molar-refractivity contribution in [3.8, 4) is 22.6 Å². The number of aromatic carboxylic acids is 1. The van der Waals surface area contributed by atoms with Crippen molar-refractivity contribution >= 4 is 17.6 Å². The van der Waals surface area contributed by atoms with Crippen LogP contribution in [0.15, 0.2) is 48.7 Å². The molecule has 1 fully saturated rings. The molecule has 0 bridgehead atoms. The van der Waals surface area contributed by atoms with Crippen LogP contribution in [0.4, 0.5) is 14.5 Å². The zero-order chi connectivity index (χ0) is 28.3. The number of rotatable bonds is 11. The van der Waals surface area contributed by atoms with E-state index in [4.69, 9.17) is 19.4 Å². The van der Waals surface area contributed by atoms with Crippen molar-refractivity contribution in [2.24, 2.45) is 5.92 Å². The number of methoxy groups -OCH3 is 1. The number of halogens is 2. The number of aromatic nitrogens is 1. The van der Waals surface area contributed by atoms with E-state index >= 15 is 4.39 Å². The van der Waals surface area contributed by atoms with Crippen molar-refractivity contribution in [2.45, 2.75) is 45.4 Å². The van der Waals surface area contributed by atoms with Crippen LogP contribution in [0.5, 0.6) is 11.5 Å². The highest BCUT2D eigenvalue weighted by Crippen LogP contribution is 2.42. The van der Waals surface area contributed by atoms with Crippen LogP contribution in [0.25, 0.3) is 11.1 Å². The van der Waals surface area contributed by atoms with E-state index in [1.54, 1.807) is 13.0 Å². The number of carbonyl (C=O) groups is 2. The van der Waals surface area contributed by atoms with Gasteiger partial charge in [0.05, 0.1) is 29.9 Å². The van der Waals surface area contributed by atoms with Crippen molar-refractivity contribution in [1.82, 2.24) is 0 Å². The monoisotopic (exact) mass is 541 g/mol. The molecule has 0 radical (unpaired) electrons. The summed E-state index contributed by atoms with van der Waals surface area (Å²) in [4.78, 5) is 30.3. The highest BCUT2D eigenvalue weighted by atomic mass is 19.1. The summed E-state index contributed by atoms with van der Waals surface area (Å²) in [5.74, 6) is -2.04. The predicted molar refractivity (Wildman–Crippen MR) is 139 cm³/mol. The molecule has 8 nitrogen and oxygen atoms in total. The molecule has 1 saturated carbocycles. The third-order valence-corrected chi connectivity index (χ3v) is 6.66. The molecule has 1 amide bonds. The van der Waals surface area contributed by atoms with E-state index in [0.29, 0.717) is 29.3 Å². The largest absolute Gasteiger partial charge is 0.496 e. The van der Waals surface area contributed by atoms with Gasteiger partial charge in [0.1, 0.15) is 30.3 Å². The number of carboxylic acid groups (broad SMARTS) is 1. The fourth-order valence-corrected chi connectivity index (χ4v) is 4.46. The first kappa shape index (κ1) is 27.8. The van der Waals surface area contributed by atoms with Crippen molar-refractivity contribution in [3.63, 3.8) is 0 Å². The summed E-state index contributed by atoms with van der Waals surface area (Å²) >= 11 is 0. The molecule has 4 rings (SSSR count). The van der Waals surface area contributed by atoms with Gasteiger partial charge in [0.2, 0.25) is 18.5 Å². The van der Waals surface area contributed by atoms with Gasteiger partial charge in [-0.15, -0.1) is 0 Å². The number of carbonyl (C=O) groups excluding carboxylic acids is 1. The first-order valence-electron chi connectivity index (χ1n) is 12.5. The molecule has 1 aliphatic carbocycles. The molecule has 1 heterocycles. The summed E-state index contributed by atoms with van der Waals surface area (Å²) in [6.45, 7) is 2.79. The average Bonchev–Trinajstić information content (AvgIpc) is 3.73. The van der Waals surface area contributed by atoms with E-state index in [1.165, 1.54) is 68.5 Å². The highest BCUT2D eigenvalue weighted by molar-refractivity contribution is 5.96. The zero-order valence-electron chi connectivity index (χ0n) is 22.2. The molecule has 206 valence electrons. The number of hydrogen-bond donors (Lipinski definition) is 2. The molecule has 2 unspecified atom stereocenters. The average molecular weight is 542 g/mol. The minimum Gasteiger partial charge on any atom is -0.496 e. The Morgan fingerprint density at radius 2 is 1.82 bits per heavy atom. The van der Waals surface area contributed by atoms with Crippen LogP contribution in [0.2, 0.25) is 0 Å². The summed E-state index contributed by atoms with van der Waals surface area (Å²) in [6.07, 6.45) is 2.35. The van der Waals surface area contributed by atoms with Crippen LogP contribution < -0.4 is 24.4 Å². The number of benzene rings is 2. The smallest absolute Gasteiger partial charge is 0.335 e. The number of aryl methyl sites for hydroxylation is 1. The maximum Gasteiger partial charge on any atom is 0.335 e. The van der Waals surface area contributed by atoms with Gasteiger partial charge in [-0.1, -0.05) is 18.9 Å². The summed E-state index contributed by atoms with van der Waals surface area (Å²) < 4.78 is 41.5. The number of ether oxygens (including phenoxy) is 2. The molecular weight excluding hydrogens is 510 g/mol. The molecule has 2 atom stereocenters. The van der Waals surface area contributed by atoms with Gasteiger partial charge in [-0.3, -0.25) is 9.63 Å². The second kappa shape index (κ2) is 11.7. The van der Waals surface area contributed by atoms with Crippen LogP contribution in [-0.4, -0.2) is 37.6 Å². The lowest BCUT2D eigenvalue weighted by Crippen LogP contribution is -2.47. The molecule has 0 saturated heterocycles. The zero-order valence-corrected chi connectivity index (χ0v) is 22.2. The lowest BCUT2D eigenvalue weighted by molar-refractivity contribution is -0.890. The fraction of sp³-hybridized carbons (Fsp3) is 0.345. The molecule has 1 aliphatic rings. The standard InChI is InChI=1S/C29H30F2N2O6/c1-16-5-12-24(39-17(2)30)26(27(16)31)22-15-33(38-4)23(14-25(22)37-3)21(13-18-6-7-18)28(34)32-20-10-8-19(9-11-20)29(35)36/h5,8-12,14-15,17-18,21H,6-7,13H2,1-4H3,(H-,32,34,35,36)/p+1. The van der Waals surface area contributed by atoms with Crippen LogP contribution in [0.3, 0.4) is 0 Å². The first-order valence-corrected chi connectivity index (χ1v) is 12.5. The second-order valence-corrected chi connectivity index (χ2v) is 9.52. The van der Waals surface area contributed by atoms with Crippen molar-refractivity contribution in [1.29, 1.82) is 0 Å². The number of anilines is 1. The van der Waals surface area contributed by atoms with Crippen LogP contribution >= 0.6 is 0 Å². The van der Waals surface area contributed by atoms with Crippen molar-refractivity contribution in [3.05, 3.63) is 71.3 Å².